The van der Waals surface area contributed by atoms with Crippen molar-refractivity contribution in [3.05, 3.63) is 77.2 Å². The van der Waals surface area contributed by atoms with Crippen LogP contribution in [-0.4, -0.2) is 17.1 Å². The first-order valence-electron chi connectivity index (χ1n) is 9.14. The standard InChI is InChI=1S/C23H21FN2O2/c1-5-19-21(25-3)20(22(26(19)4)23(27)28-6-2)16-13-11-15(12-14-16)17-9-7-8-10-18(17)24/h7-14H,5-6H2,1-2,4H3. The fraction of sp³-hybridized carbons (Fsp3) is 0.217. The van der Waals surface area contributed by atoms with Gasteiger partial charge in [0.15, 0.2) is 0 Å². The Labute approximate surface area is 164 Å². The second-order valence-electron chi connectivity index (χ2n) is 6.32. The predicted octanol–water partition coefficient (Wildman–Crippen LogP) is 5.79. The zero-order valence-corrected chi connectivity index (χ0v) is 16.1. The number of carbonyl (C=O) groups is 1. The fourth-order valence-electron chi connectivity index (χ4n) is 3.47. The van der Waals surface area contributed by atoms with E-state index in [1.54, 1.807) is 48.9 Å². The maximum atomic E-state index is 14.1. The molecule has 0 saturated carbocycles. The van der Waals surface area contributed by atoms with Crippen LogP contribution in [0.5, 0.6) is 0 Å². The molecule has 1 aromatic heterocycles. The first-order chi connectivity index (χ1) is 13.5. The Morgan fingerprint density at radius 1 is 1.11 bits per heavy atom. The molecule has 0 N–H and O–H groups in total. The molecule has 0 aliphatic heterocycles. The van der Waals surface area contributed by atoms with E-state index in [-0.39, 0.29) is 12.4 Å². The van der Waals surface area contributed by atoms with E-state index in [2.05, 4.69) is 4.85 Å². The SMILES string of the molecule is [C-]#[N+]c1c(-c2ccc(-c3ccccc3F)cc2)c(C(=O)OCC)n(C)c1CC. The minimum absolute atomic E-state index is 0.254. The summed E-state index contributed by atoms with van der Waals surface area (Å²) in [5.41, 5.74) is 4.13. The van der Waals surface area contributed by atoms with Gasteiger partial charge in [0.25, 0.3) is 0 Å². The highest BCUT2D eigenvalue weighted by molar-refractivity contribution is 6.01. The molecule has 0 bridgehead atoms. The van der Waals surface area contributed by atoms with Crippen molar-refractivity contribution < 1.29 is 13.9 Å². The maximum absolute atomic E-state index is 14.1. The predicted molar refractivity (Wildman–Crippen MR) is 108 cm³/mol. The van der Waals surface area contributed by atoms with Crippen molar-refractivity contribution in [3.63, 3.8) is 0 Å². The Hall–Kier alpha value is -3.39. The van der Waals surface area contributed by atoms with Gasteiger partial charge in [-0.2, -0.15) is 0 Å². The molecule has 0 spiro atoms. The number of benzene rings is 2. The van der Waals surface area contributed by atoms with Crippen molar-refractivity contribution in [3.8, 4) is 22.3 Å². The van der Waals surface area contributed by atoms with E-state index in [1.165, 1.54) is 6.07 Å². The molecule has 0 amide bonds. The van der Waals surface area contributed by atoms with Crippen LogP contribution < -0.4 is 0 Å². The van der Waals surface area contributed by atoms with Crippen LogP contribution in [0.4, 0.5) is 10.1 Å². The zero-order valence-electron chi connectivity index (χ0n) is 16.1. The number of hydrogen-bond donors (Lipinski definition) is 0. The Balaban J connectivity index is 2.17. The molecule has 3 rings (SSSR count). The van der Waals surface area contributed by atoms with E-state index in [9.17, 15) is 9.18 Å². The van der Waals surface area contributed by atoms with Crippen molar-refractivity contribution in [2.75, 3.05) is 6.61 Å². The lowest BCUT2D eigenvalue weighted by Crippen LogP contribution is -2.12. The molecule has 0 unspecified atom stereocenters. The van der Waals surface area contributed by atoms with Crippen LogP contribution in [0.1, 0.15) is 30.0 Å². The molecule has 0 atom stereocenters. The molecule has 0 aliphatic rings. The van der Waals surface area contributed by atoms with Crippen LogP contribution in [0.25, 0.3) is 27.1 Å². The monoisotopic (exact) mass is 376 g/mol. The summed E-state index contributed by atoms with van der Waals surface area (Å²) in [6.45, 7) is 11.6. The molecule has 5 heteroatoms. The minimum Gasteiger partial charge on any atom is -0.461 e. The quantitative estimate of drug-likeness (QED) is 0.417. The van der Waals surface area contributed by atoms with E-state index in [0.717, 1.165) is 16.8 Å². The van der Waals surface area contributed by atoms with E-state index in [4.69, 9.17) is 11.3 Å². The summed E-state index contributed by atoms with van der Waals surface area (Å²) in [7, 11) is 1.77. The molecule has 4 nitrogen and oxygen atoms in total. The summed E-state index contributed by atoms with van der Waals surface area (Å²) >= 11 is 0. The molecule has 28 heavy (non-hydrogen) atoms. The third-order valence-electron chi connectivity index (χ3n) is 4.76. The molecule has 0 radical (unpaired) electrons. The van der Waals surface area contributed by atoms with Gasteiger partial charge in [-0.05, 0) is 30.5 Å². The van der Waals surface area contributed by atoms with Gasteiger partial charge in [-0.25, -0.2) is 14.0 Å². The lowest BCUT2D eigenvalue weighted by Gasteiger charge is -2.10. The minimum atomic E-state index is -0.456. The molecule has 0 fully saturated rings. The van der Waals surface area contributed by atoms with Gasteiger partial charge in [0.2, 0.25) is 5.69 Å². The fourth-order valence-corrected chi connectivity index (χ4v) is 3.47. The van der Waals surface area contributed by atoms with Gasteiger partial charge >= 0.3 is 5.97 Å². The Bertz CT molecular complexity index is 1060. The molecule has 142 valence electrons. The average molecular weight is 376 g/mol. The van der Waals surface area contributed by atoms with Crippen molar-refractivity contribution in [2.24, 2.45) is 7.05 Å². The molecule has 3 aromatic rings. The van der Waals surface area contributed by atoms with Gasteiger partial charge in [0, 0.05) is 23.9 Å². The van der Waals surface area contributed by atoms with Gasteiger partial charge in [-0.1, -0.05) is 49.4 Å². The summed E-state index contributed by atoms with van der Waals surface area (Å²) in [5, 5.41) is 0. The summed E-state index contributed by atoms with van der Waals surface area (Å²) in [5.74, 6) is -0.750. The summed E-state index contributed by atoms with van der Waals surface area (Å²) < 4.78 is 21.0. The van der Waals surface area contributed by atoms with Crippen LogP contribution in [0.15, 0.2) is 48.5 Å². The van der Waals surface area contributed by atoms with Gasteiger partial charge in [0.05, 0.1) is 13.2 Å². The summed E-state index contributed by atoms with van der Waals surface area (Å²) in [6, 6.07) is 13.8. The van der Waals surface area contributed by atoms with Crippen molar-refractivity contribution in [1.82, 2.24) is 4.57 Å². The number of aromatic nitrogens is 1. The van der Waals surface area contributed by atoms with Gasteiger partial charge in [0.1, 0.15) is 11.5 Å². The van der Waals surface area contributed by atoms with Crippen LogP contribution in [0.2, 0.25) is 0 Å². The Morgan fingerprint density at radius 3 is 2.32 bits per heavy atom. The normalized spacial score (nSPS) is 10.5. The van der Waals surface area contributed by atoms with Crippen molar-refractivity contribution >= 4 is 11.7 Å². The highest BCUT2D eigenvalue weighted by atomic mass is 19.1. The molecular weight excluding hydrogens is 355 g/mol. The smallest absolute Gasteiger partial charge is 0.354 e. The molecule has 2 aromatic carbocycles. The number of hydrogen-bond acceptors (Lipinski definition) is 2. The molecule has 0 saturated heterocycles. The first kappa shape index (κ1) is 19.4. The van der Waals surface area contributed by atoms with E-state index in [1.807, 2.05) is 19.1 Å². The first-order valence-corrected chi connectivity index (χ1v) is 9.14. The highest BCUT2D eigenvalue weighted by Gasteiger charge is 2.26. The number of ether oxygens (including phenoxy) is 1. The van der Waals surface area contributed by atoms with Crippen LogP contribution in [-0.2, 0) is 18.2 Å². The third kappa shape index (κ3) is 3.29. The average Bonchev–Trinajstić information content (AvgIpc) is 3.00. The number of esters is 1. The molecule has 0 aliphatic carbocycles. The largest absolute Gasteiger partial charge is 0.461 e. The van der Waals surface area contributed by atoms with E-state index in [0.29, 0.717) is 28.9 Å². The van der Waals surface area contributed by atoms with Crippen LogP contribution in [0.3, 0.4) is 0 Å². The van der Waals surface area contributed by atoms with Crippen molar-refractivity contribution in [1.29, 1.82) is 0 Å². The third-order valence-corrected chi connectivity index (χ3v) is 4.76. The van der Waals surface area contributed by atoms with Crippen molar-refractivity contribution in [2.45, 2.75) is 20.3 Å². The number of nitrogens with zero attached hydrogens (tertiary/aromatic N) is 2. The lowest BCUT2D eigenvalue weighted by atomic mass is 9.99. The van der Waals surface area contributed by atoms with Gasteiger partial charge in [-0.15, -0.1) is 0 Å². The second kappa shape index (κ2) is 8.10. The van der Waals surface area contributed by atoms with Crippen LogP contribution >= 0.6 is 0 Å². The Morgan fingerprint density at radius 2 is 1.75 bits per heavy atom. The van der Waals surface area contributed by atoms with Gasteiger partial charge < -0.3 is 9.30 Å². The van der Waals surface area contributed by atoms with Crippen LogP contribution in [0, 0.1) is 12.4 Å². The van der Waals surface area contributed by atoms with E-state index >= 15 is 0 Å². The molecular formula is C23H21FN2O2. The van der Waals surface area contributed by atoms with E-state index < -0.39 is 5.97 Å². The topological polar surface area (TPSA) is 35.6 Å². The summed E-state index contributed by atoms with van der Waals surface area (Å²) in [6.07, 6.45) is 0.619. The highest BCUT2D eigenvalue weighted by Crippen LogP contribution is 2.40. The number of carbonyl (C=O) groups excluding carboxylic acids is 1. The summed E-state index contributed by atoms with van der Waals surface area (Å²) in [4.78, 5) is 16.3. The number of halogens is 1. The number of rotatable bonds is 5. The zero-order chi connectivity index (χ0) is 20.3. The maximum Gasteiger partial charge on any atom is 0.354 e. The second-order valence-corrected chi connectivity index (χ2v) is 6.32. The lowest BCUT2D eigenvalue weighted by molar-refractivity contribution is 0.0516. The molecule has 1 heterocycles. The Kier molecular flexibility index (Phi) is 5.60. The van der Waals surface area contributed by atoms with Gasteiger partial charge in [-0.3, -0.25) is 0 Å².